The third kappa shape index (κ3) is 2.77. The number of carboxylic acid groups (broad SMARTS) is 1. The van der Waals surface area contributed by atoms with Gasteiger partial charge < -0.3 is 5.11 Å². The zero-order valence-corrected chi connectivity index (χ0v) is 10.6. The van der Waals surface area contributed by atoms with Crippen molar-refractivity contribution < 1.29 is 9.90 Å². The Balaban J connectivity index is 2.18. The minimum absolute atomic E-state index is 0.0778. The lowest BCUT2D eigenvalue weighted by Crippen LogP contribution is -2.19. The van der Waals surface area contributed by atoms with Gasteiger partial charge in [-0.1, -0.05) is 6.92 Å². The summed E-state index contributed by atoms with van der Waals surface area (Å²) in [5, 5.41) is 20.6. The monoisotopic (exact) mass is 256 g/mol. The average Bonchev–Trinajstić information content (AvgIpc) is 2.94. The quantitative estimate of drug-likeness (QED) is 0.855. The Morgan fingerprint density at radius 2 is 2.53 bits per heavy atom. The molecule has 1 fully saturated rings. The van der Waals surface area contributed by atoms with Gasteiger partial charge in [0.15, 0.2) is 5.82 Å². The molecule has 1 saturated heterocycles. The molecule has 2 atom stereocenters. The van der Waals surface area contributed by atoms with Gasteiger partial charge in [-0.2, -0.15) is 11.8 Å². The molecule has 0 saturated carbocycles. The Bertz CT molecular complexity index is 389. The summed E-state index contributed by atoms with van der Waals surface area (Å²) < 4.78 is 1.71. The van der Waals surface area contributed by atoms with Crippen LogP contribution in [0.1, 0.15) is 44.0 Å². The van der Waals surface area contributed by atoms with Crippen LogP contribution in [0.3, 0.4) is 0 Å². The van der Waals surface area contributed by atoms with E-state index in [9.17, 15) is 4.79 Å². The van der Waals surface area contributed by atoms with E-state index in [1.807, 2.05) is 18.7 Å². The summed E-state index contributed by atoms with van der Waals surface area (Å²) in [5.41, 5.74) is 0. The van der Waals surface area contributed by atoms with Gasteiger partial charge in [-0.25, -0.2) is 4.68 Å². The molecule has 2 rings (SSSR count). The molecule has 17 heavy (non-hydrogen) atoms. The van der Waals surface area contributed by atoms with E-state index in [2.05, 4.69) is 15.5 Å². The van der Waals surface area contributed by atoms with E-state index in [1.165, 1.54) is 0 Å². The van der Waals surface area contributed by atoms with Crippen LogP contribution in [0.25, 0.3) is 0 Å². The van der Waals surface area contributed by atoms with Crippen molar-refractivity contribution in [2.24, 2.45) is 0 Å². The number of nitrogens with zero attached hydrogens (tertiary/aromatic N) is 4. The van der Waals surface area contributed by atoms with Crippen LogP contribution >= 0.6 is 11.8 Å². The molecule has 0 bridgehead atoms. The number of carbonyl (C=O) groups is 1. The van der Waals surface area contributed by atoms with E-state index < -0.39 is 5.97 Å². The van der Waals surface area contributed by atoms with Crippen molar-refractivity contribution in [2.75, 3.05) is 11.5 Å². The Kier molecular flexibility index (Phi) is 3.98. The Morgan fingerprint density at radius 1 is 1.71 bits per heavy atom. The van der Waals surface area contributed by atoms with Crippen LogP contribution in [0.5, 0.6) is 0 Å². The predicted molar refractivity (Wildman–Crippen MR) is 64.1 cm³/mol. The van der Waals surface area contributed by atoms with Gasteiger partial charge in [-0.15, -0.1) is 5.10 Å². The number of thioether (sulfide) groups is 1. The highest BCUT2D eigenvalue weighted by Gasteiger charge is 2.27. The van der Waals surface area contributed by atoms with Crippen LogP contribution in [0.15, 0.2) is 0 Å². The Hall–Kier alpha value is -1.11. The molecule has 0 aromatic carbocycles. The molecule has 1 aromatic rings. The maximum atomic E-state index is 10.8. The van der Waals surface area contributed by atoms with E-state index in [0.717, 1.165) is 30.2 Å². The van der Waals surface area contributed by atoms with Crippen molar-refractivity contribution in [1.29, 1.82) is 0 Å². The van der Waals surface area contributed by atoms with Crippen molar-refractivity contribution in [2.45, 2.75) is 38.1 Å². The molecule has 1 aliphatic heterocycles. The second-order valence-corrected chi connectivity index (χ2v) is 5.35. The fraction of sp³-hybridized carbons (Fsp3) is 0.800. The second-order valence-electron chi connectivity index (χ2n) is 4.20. The lowest BCUT2D eigenvalue weighted by atomic mass is 10.1. The molecule has 7 heteroatoms. The van der Waals surface area contributed by atoms with Crippen LogP contribution in [0.4, 0.5) is 0 Å². The fourth-order valence-electron chi connectivity index (χ4n) is 2.07. The minimum Gasteiger partial charge on any atom is -0.481 e. The molecule has 0 radical (unpaired) electrons. The molecular formula is C10H16N4O2S. The zero-order valence-electron chi connectivity index (χ0n) is 9.74. The standard InChI is InChI=1S/C10H16N4O2S/c1-2-8(5-9(15)16)14-10(11-12-13-14)7-3-4-17-6-7/h7-8H,2-6H2,1H3,(H,15,16). The summed E-state index contributed by atoms with van der Waals surface area (Å²) in [6.07, 6.45) is 1.88. The molecule has 0 spiro atoms. The van der Waals surface area contributed by atoms with Gasteiger partial charge in [0.25, 0.3) is 0 Å². The Labute approximate surface area is 104 Å². The second kappa shape index (κ2) is 5.48. The van der Waals surface area contributed by atoms with Gasteiger partial charge >= 0.3 is 5.97 Å². The highest BCUT2D eigenvalue weighted by Crippen LogP contribution is 2.32. The van der Waals surface area contributed by atoms with Crippen molar-refractivity contribution >= 4 is 17.7 Å². The van der Waals surface area contributed by atoms with Gasteiger partial charge in [0.05, 0.1) is 12.5 Å². The van der Waals surface area contributed by atoms with Crippen LogP contribution in [0.2, 0.25) is 0 Å². The average molecular weight is 256 g/mol. The molecular weight excluding hydrogens is 240 g/mol. The first-order chi connectivity index (χ1) is 8.22. The number of aromatic nitrogens is 4. The summed E-state index contributed by atoms with van der Waals surface area (Å²) in [5.74, 6) is 2.58. The van der Waals surface area contributed by atoms with Gasteiger partial charge in [0.2, 0.25) is 0 Å². The maximum absolute atomic E-state index is 10.8. The third-order valence-electron chi connectivity index (χ3n) is 3.04. The van der Waals surface area contributed by atoms with Crippen molar-refractivity contribution in [3.05, 3.63) is 5.82 Å². The first-order valence-corrected chi connectivity index (χ1v) is 6.95. The van der Waals surface area contributed by atoms with E-state index in [4.69, 9.17) is 5.11 Å². The highest BCUT2D eigenvalue weighted by molar-refractivity contribution is 7.99. The van der Waals surface area contributed by atoms with Crippen molar-refractivity contribution in [3.63, 3.8) is 0 Å². The summed E-state index contributed by atoms with van der Waals surface area (Å²) in [6, 6.07) is -0.136. The van der Waals surface area contributed by atoms with Crippen LogP contribution in [-0.2, 0) is 4.79 Å². The normalized spacial score (nSPS) is 21.6. The number of hydrogen-bond donors (Lipinski definition) is 1. The number of rotatable bonds is 5. The van der Waals surface area contributed by atoms with Crippen LogP contribution in [0, 0.1) is 0 Å². The number of hydrogen-bond acceptors (Lipinski definition) is 5. The van der Waals surface area contributed by atoms with E-state index in [-0.39, 0.29) is 12.5 Å². The molecule has 1 N–H and O–H groups in total. The maximum Gasteiger partial charge on any atom is 0.305 e. The summed E-state index contributed by atoms with van der Waals surface area (Å²) in [7, 11) is 0. The van der Waals surface area contributed by atoms with Crippen LogP contribution in [-0.4, -0.2) is 42.8 Å². The molecule has 2 heterocycles. The molecule has 0 aliphatic carbocycles. The van der Waals surface area contributed by atoms with Gasteiger partial charge in [-0.05, 0) is 29.0 Å². The van der Waals surface area contributed by atoms with Gasteiger partial charge in [0, 0.05) is 11.7 Å². The summed E-state index contributed by atoms with van der Waals surface area (Å²) in [4.78, 5) is 10.8. The smallest absolute Gasteiger partial charge is 0.305 e. The van der Waals surface area contributed by atoms with Crippen LogP contribution < -0.4 is 0 Å². The van der Waals surface area contributed by atoms with E-state index in [0.29, 0.717) is 5.92 Å². The third-order valence-corrected chi connectivity index (χ3v) is 4.20. The van der Waals surface area contributed by atoms with Gasteiger partial charge in [-0.3, -0.25) is 4.79 Å². The van der Waals surface area contributed by atoms with Crippen molar-refractivity contribution in [1.82, 2.24) is 20.2 Å². The van der Waals surface area contributed by atoms with Crippen molar-refractivity contribution in [3.8, 4) is 0 Å². The molecule has 2 unspecified atom stereocenters. The predicted octanol–water partition coefficient (Wildman–Crippen LogP) is 1.32. The number of tetrazole rings is 1. The number of carboxylic acids is 1. The van der Waals surface area contributed by atoms with Gasteiger partial charge in [0.1, 0.15) is 0 Å². The molecule has 1 aromatic heterocycles. The number of aliphatic carboxylic acids is 1. The minimum atomic E-state index is -0.806. The largest absolute Gasteiger partial charge is 0.481 e. The topological polar surface area (TPSA) is 80.9 Å². The highest BCUT2D eigenvalue weighted by atomic mass is 32.2. The first kappa shape index (κ1) is 12.3. The first-order valence-electron chi connectivity index (χ1n) is 5.79. The lowest BCUT2D eigenvalue weighted by molar-refractivity contribution is -0.138. The molecule has 94 valence electrons. The molecule has 6 nitrogen and oxygen atoms in total. The SMILES string of the molecule is CCC(CC(=O)O)n1nnnc1C1CCSC1. The van der Waals surface area contributed by atoms with E-state index >= 15 is 0 Å². The summed E-state index contributed by atoms with van der Waals surface area (Å²) in [6.45, 7) is 1.96. The summed E-state index contributed by atoms with van der Waals surface area (Å²) >= 11 is 1.90. The lowest BCUT2D eigenvalue weighted by Gasteiger charge is -2.16. The zero-order chi connectivity index (χ0) is 12.3. The van der Waals surface area contributed by atoms with E-state index in [1.54, 1.807) is 4.68 Å². The Morgan fingerprint density at radius 3 is 3.12 bits per heavy atom. The molecule has 0 amide bonds. The molecule has 1 aliphatic rings. The fourth-order valence-corrected chi connectivity index (χ4v) is 3.29.